The van der Waals surface area contributed by atoms with Crippen LogP contribution >= 0.6 is 0 Å². The minimum absolute atomic E-state index is 0.0551. The number of nitrogens with one attached hydrogen (secondary N) is 1. The van der Waals surface area contributed by atoms with E-state index in [0.717, 1.165) is 64.9 Å². The zero-order valence-electron chi connectivity index (χ0n) is 25.6. The summed E-state index contributed by atoms with van der Waals surface area (Å²) >= 11 is 0. The molecular weight excluding hydrogens is 562 g/mol. The molecule has 3 aromatic carbocycles. The number of nitrogens with zero attached hydrogens (tertiary/aromatic N) is 2. The van der Waals surface area contributed by atoms with Crippen LogP contribution in [0, 0.1) is 13.8 Å². The average molecular weight is 606 g/mol. The Kier molecular flexibility index (Phi) is 10.9. The Hall–Kier alpha value is -3.85. The Morgan fingerprint density at radius 1 is 0.907 bits per heavy atom. The molecule has 1 atom stereocenters. The van der Waals surface area contributed by atoms with Gasteiger partial charge < -0.3 is 15.0 Å². The van der Waals surface area contributed by atoms with E-state index < -0.39 is 28.5 Å². The zero-order chi connectivity index (χ0) is 31.0. The summed E-state index contributed by atoms with van der Waals surface area (Å²) in [5.41, 5.74) is 3.89. The lowest BCUT2D eigenvalue weighted by atomic mass is 9.94. The lowest BCUT2D eigenvalue weighted by Gasteiger charge is -2.35. The van der Waals surface area contributed by atoms with Crippen molar-refractivity contribution >= 4 is 27.5 Å². The topological polar surface area (TPSA) is 96.0 Å². The quantitative estimate of drug-likeness (QED) is 0.308. The standard InChI is InChI=1S/C34H43N3O5S/c1-25-12-11-15-28(20-25)23-36(33(38)24-37(43(4,40)41)30-21-26(2)18-19-32(30)42-3)31(22-27-13-7-5-8-14-27)34(39)35-29-16-9-6-10-17-29/h5,7-8,11-15,18-21,29,31H,6,9-10,16-17,22-24H2,1-4H3,(H,35,39). The van der Waals surface area contributed by atoms with Gasteiger partial charge in [0, 0.05) is 19.0 Å². The van der Waals surface area contributed by atoms with E-state index in [1.165, 1.54) is 7.11 Å². The summed E-state index contributed by atoms with van der Waals surface area (Å²) in [5.74, 6) is -0.365. The summed E-state index contributed by atoms with van der Waals surface area (Å²) in [4.78, 5) is 30.0. The fraction of sp³-hybridized carbons (Fsp3) is 0.412. The van der Waals surface area contributed by atoms with Crippen LogP contribution < -0.4 is 14.4 Å². The Morgan fingerprint density at radius 3 is 2.23 bits per heavy atom. The van der Waals surface area contributed by atoms with E-state index in [1.54, 1.807) is 17.0 Å². The van der Waals surface area contributed by atoms with E-state index in [9.17, 15) is 18.0 Å². The van der Waals surface area contributed by atoms with Gasteiger partial charge in [-0.15, -0.1) is 0 Å². The Labute approximate surface area is 256 Å². The fourth-order valence-corrected chi connectivity index (χ4v) is 6.54. The molecule has 0 aliphatic heterocycles. The number of carbonyl (C=O) groups is 2. The molecule has 1 aliphatic carbocycles. The number of hydrogen-bond donors (Lipinski definition) is 1. The van der Waals surface area contributed by atoms with Crippen LogP contribution in [0.3, 0.4) is 0 Å². The highest BCUT2D eigenvalue weighted by Crippen LogP contribution is 2.31. The number of methoxy groups -OCH3 is 1. The predicted octanol–water partition coefficient (Wildman–Crippen LogP) is 5.17. The zero-order valence-corrected chi connectivity index (χ0v) is 26.4. The van der Waals surface area contributed by atoms with Gasteiger partial charge in [0.1, 0.15) is 18.3 Å². The number of ether oxygens (including phenoxy) is 1. The molecule has 1 unspecified atom stereocenters. The van der Waals surface area contributed by atoms with Crippen LogP contribution in [0.15, 0.2) is 72.8 Å². The maximum absolute atomic E-state index is 14.4. The molecule has 4 rings (SSSR count). The summed E-state index contributed by atoms with van der Waals surface area (Å²) in [6, 6.07) is 21.8. The molecule has 2 amide bonds. The number of amides is 2. The minimum Gasteiger partial charge on any atom is -0.495 e. The van der Waals surface area contributed by atoms with E-state index >= 15 is 0 Å². The number of benzene rings is 3. The van der Waals surface area contributed by atoms with Crippen molar-refractivity contribution in [2.45, 2.75) is 71.0 Å². The molecule has 1 fully saturated rings. The summed E-state index contributed by atoms with van der Waals surface area (Å²) in [6.45, 7) is 3.49. The molecule has 0 bridgehead atoms. The molecule has 1 aliphatic rings. The van der Waals surface area contributed by atoms with Crippen molar-refractivity contribution in [1.82, 2.24) is 10.2 Å². The first kappa shape index (κ1) is 32.1. The molecule has 1 N–H and O–H groups in total. The van der Waals surface area contributed by atoms with Gasteiger partial charge in [-0.25, -0.2) is 8.42 Å². The number of rotatable bonds is 12. The number of sulfonamides is 1. The van der Waals surface area contributed by atoms with Gasteiger partial charge >= 0.3 is 0 Å². The van der Waals surface area contributed by atoms with Crippen molar-refractivity contribution < 1.29 is 22.7 Å². The number of carbonyl (C=O) groups excluding carboxylic acids is 2. The molecule has 1 saturated carbocycles. The highest BCUT2D eigenvalue weighted by molar-refractivity contribution is 7.92. The molecule has 8 nitrogen and oxygen atoms in total. The van der Waals surface area contributed by atoms with Gasteiger partial charge in [0.2, 0.25) is 21.8 Å². The average Bonchev–Trinajstić information content (AvgIpc) is 2.98. The lowest BCUT2D eigenvalue weighted by molar-refractivity contribution is -0.140. The maximum Gasteiger partial charge on any atom is 0.244 e. The first-order valence-corrected chi connectivity index (χ1v) is 16.7. The maximum atomic E-state index is 14.4. The first-order chi connectivity index (χ1) is 20.5. The van der Waals surface area contributed by atoms with Gasteiger partial charge in [-0.05, 0) is 55.5 Å². The van der Waals surface area contributed by atoms with E-state index in [0.29, 0.717) is 12.2 Å². The Bertz CT molecular complexity index is 1500. The van der Waals surface area contributed by atoms with E-state index in [1.807, 2.05) is 74.5 Å². The minimum atomic E-state index is -3.90. The van der Waals surface area contributed by atoms with Gasteiger partial charge in [-0.2, -0.15) is 0 Å². The van der Waals surface area contributed by atoms with E-state index in [4.69, 9.17) is 4.74 Å². The van der Waals surface area contributed by atoms with Gasteiger partial charge in [0.05, 0.1) is 19.1 Å². The van der Waals surface area contributed by atoms with Crippen LogP contribution in [0.5, 0.6) is 5.75 Å². The molecule has 0 saturated heterocycles. The summed E-state index contributed by atoms with van der Waals surface area (Å²) < 4.78 is 32.9. The molecule has 0 heterocycles. The van der Waals surface area contributed by atoms with Crippen LogP contribution in [-0.2, 0) is 32.6 Å². The molecule has 0 spiro atoms. The smallest absolute Gasteiger partial charge is 0.244 e. The third kappa shape index (κ3) is 8.83. The molecule has 43 heavy (non-hydrogen) atoms. The monoisotopic (exact) mass is 605 g/mol. The van der Waals surface area contributed by atoms with Crippen LogP contribution in [0.2, 0.25) is 0 Å². The molecular formula is C34H43N3O5S. The van der Waals surface area contributed by atoms with Gasteiger partial charge in [0.25, 0.3) is 0 Å². The van der Waals surface area contributed by atoms with Crippen molar-refractivity contribution in [3.05, 3.63) is 95.1 Å². The van der Waals surface area contributed by atoms with Gasteiger partial charge in [-0.3, -0.25) is 13.9 Å². The molecule has 3 aromatic rings. The number of hydrogen-bond acceptors (Lipinski definition) is 5. The van der Waals surface area contributed by atoms with Crippen molar-refractivity contribution in [2.75, 3.05) is 24.2 Å². The van der Waals surface area contributed by atoms with Crippen molar-refractivity contribution in [3.8, 4) is 5.75 Å². The normalized spacial score (nSPS) is 14.5. The van der Waals surface area contributed by atoms with E-state index in [-0.39, 0.29) is 24.2 Å². The van der Waals surface area contributed by atoms with E-state index in [2.05, 4.69) is 5.32 Å². The van der Waals surface area contributed by atoms with Crippen LogP contribution in [0.25, 0.3) is 0 Å². The molecule has 9 heteroatoms. The highest BCUT2D eigenvalue weighted by atomic mass is 32.2. The van der Waals surface area contributed by atoms with Crippen molar-refractivity contribution in [2.24, 2.45) is 0 Å². The summed E-state index contributed by atoms with van der Waals surface area (Å²) in [6.07, 6.45) is 6.45. The molecule has 230 valence electrons. The second-order valence-electron chi connectivity index (χ2n) is 11.5. The molecule has 0 aromatic heterocycles. The molecule has 0 radical (unpaired) electrons. The second-order valence-corrected chi connectivity index (χ2v) is 13.4. The number of aryl methyl sites for hydroxylation is 2. The third-order valence-corrected chi connectivity index (χ3v) is 9.07. The second kappa shape index (κ2) is 14.6. The largest absolute Gasteiger partial charge is 0.495 e. The fourth-order valence-electron chi connectivity index (χ4n) is 5.70. The predicted molar refractivity (Wildman–Crippen MR) is 171 cm³/mol. The van der Waals surface area contributed by atoms with Gasteiger partial charge in [0.15, 0.2) is 0 Å². The van der Waals surface area contributed by atoms with Crippen LogP contribution in [0.1, 0.15) is 54.4 Å². The SMILES string of the molecule is COc1ccc(C)cc1N(CC(=O)N(Cc1cccc(C)c1)C(Cc1ccccc1)C(=O)NC1CCCCC1)S(C)(=O)=O. The summed E-state index contributed by atoms with van der Waals surface area (Å²) in [7, 11) is -2.43. The Balaban J connectivity index is 1.75. The lowest BCUT2D eigenvalue weighted by Crippen LogP contribution is -2.55. The third-order valence-electron chi connectivity index (χ3n) is 7.94. The van der Waals surface area contributed by atoms with Crippen LogP contribution in [0.4, 0.5) is 5.69 Å². The first-order valence-electron chi connectivity index (χ1n) is 14.9. The summed E-state index contributed by atoms with van der Waals surface area (Å²) in [5, 5.41) is 3.23. The number of anilines is 1. The Morgan fingerprint density at radius 2 is 1.58 bits per heavy atom. The van der Waals surface area contributed by atoms with Crippen LogP contribution in [-0.4, -0.2) is 57.1 Å². The van der Waals surface area contributed by atoms with Gasteiger partial charge in [-0.1, -0.05) is 85.5 Å². The van der Waals surface area contributed by atoms with Crippen molar-refractivity contribution in [3.63, 3.8) is 0 Å². The highest BCUT2D eigenvalue weighted by Gasteiger charge is 2.34. The van der Waals surface area contributed by atoms with Crippen molar-refractivity contribution in [1.29, 1.82) is 0 Å².